The molecule has 5 heteroatoms. The molecular formula is C24H28ClNO3. The molecule has 3 rings (SSSR count). The molecule has 1 aromatic heterocycles. The summed E-state index contributed by atoms with van der Waals surface area (Å²) in [5, 5.41) is 0.492. The van der Waals surface area contributed by atoms with Crippen molar-refractivity contribution < 1.29 is 14.3 Å². The van der Waals surface area contributed by atoms with Crippen LogP contribution in [0.25, 0.3) is 6.08 Å². The normalized spacial score (nSPS) is 14.6. The second-order valence-corrected chi connectivity index (χ2v) is 8.88. The van der Waals surface area contributed by atoms with Crippen molar-refractivity contribution in [1.29, 1.82) is 0 Å². The summed E-state index contributed by atoms with van der Waals surface area (Å²) in [6, 6.07) is 9.19. The van der Waals surface area contributed by atoms with Gasteiger partial charge < -0.3 is 9.47 Å². The fourth-order valence-corrected chi connectivity index (χ4v) is 3.22. The third kappa shape index (κ3) is 6.33. The van der Waals surface area contributed by atoms with Gasteiger partial charge in [-0.15, -0.1) is 0 Å². The van der Waals surface area contributed by atoms with Crippen molar-refractivity contribution in [3.63, 3.8) is 0 Å². The summed E-state index contributed by atoms with van der Waals surface area (Å²) in [5.41, 5.74) is 1.91. The topological polar surface area (TPSA) is 48.4 Å². The molecule has 0 N–H and O–H groups in total. The average molecular weight is 414 g/mol. The molecule has 0 radical (unpaired) electrons. The lowest BCUT2D eigenvalue weighted by Gasteiger charge is -2.24. The number of hydrogen-bond acceptors (Lipinski definition) is 4. The predicted octanol–water partition coefficient (Wildman–Crippen LogP) is 6.72. The lowest BCUT2D eigenvalue weighted by Crippen LogP contribution is -2.16. The van der Waals surface area contributed by atoms with E-state index in [2.05, 4.69) is 24.9 Å². The van der Waals surface area contributed by atoms with Crippen LogP contribution in [0, 0.1) is 11.3 Å². The minimum atomic E-state index is -0.183. The van der Waals surface area contributed by atoms with Crippen LogP contribution < -0.4 is 9.47 Å². The minimum absolute atomic E-state index is 0.183. The van der Waals surface area contributed by atoms with E-state index in [0.29, 0.717) is 29.0 Å². The highest BCUT2D eigenvalue weighted by atomic mass is 35.5. The van der Waals surface area contributed by atoms with Gasteiger partial charge in [0.2, 0.25) is 5.88 Å². The summed E-state index contributed by atoms with van der Waals surface area (Å²) in [6.45, 7) is 8.56. The van der Waals surface area contributed by atoms with Crippen LogP contribution in [0.2, 0.25) is 5.02 Å². The van der Waals surface area contributed by atoms with E-state index in [9.17, 15) is 4.79 Å². The van der Waals surface area contributed by atoms with Crippen LogP contribution in [-0.2, 0) is 4.79 Å². The molecule has 0 spiro atoms. The molecule has 2 aromatic rings. The number of carbonyl (C=O) groups excluding carboxylic acids is 1. The second-order valence-electron chi connectivity index (χ2n) is 8.47. The number of allylic oxidation sites excluding steroid dienone is 1. The van der Waals surface area contributed by atoms with Gasteiger partial charge in [-0.2, -0.15) is 0 Å². The molecule has 29 heavy (non-hydrogen) atoms. The zero-order valence-electron chi connectivity index (χ0n) is 17.5. The maximum Gasteiger partial charge on any atom is 0.219 e. The molecule has 0 atom stereocenters. The molecule has 1 saturated carbocycles. The standard InChI is InChI=1S/C24H28ClNO3/c1-16(24(3,4)13-17(2)27)11-19-7-10-23(26-14-19)29-22-9-8-20(12-21(22)25)28-15-18-5-6-18/h7-12,14,18H,5-6,13,15H2,1-4H3/b16-11+. The van der Waals surface area contributed by atoms with Crippen molar-refractivity contribution >= 4 is 23.5 Å². The zero-order valence-corrected chi connectivity index (χ0v) is 18.3. The van der Waals surface area contributed by atoms with E-state index in [1.165, 1.54) is 12.8 Å². The Bertz CT molecular complexity index is 899. The number of halogens is 1. The lowest BCUT2D eigenvalue weighted by molar-refractivity contribution is -0.118. The maximum absolute atomic E-state index is 11.5. The number of ether oxygens (including phenoxy) is 2. The van der Waals surface area contributed by atoms with Crippen molar-refractivity contribution in [1.82, 2.24) is 4.98 Å². The SMILES string of the molecule is CC(=O)CC(C)(C)/C(C)=C/c1ccc(Oc2ccc(OCC3CC3)cc2Cl)nc1. The van der Waals surface area contributed by atoms with Gasteiger partial charge in [-0.3, -0.25) is 4.79 Å². The number of benzene rings is 1. The number of Topliss-reactive ketones (excluding diaryl/α,β-unsaturated/α-hetero) is 1. The highest BCUT2D eigenvalue weighted by Gasteiger charge is 2.22. The van der Waals surface area contributed by atoms with Crippen molar-refractivity contribution in [2.24, 2.45) is 11.3 Å². The number of nitrogens with zero attached hydrogens (tertiary/aromatic N) is 1. The summed E-state index contributed by atoms with van der Waals surface area (Å²) < 4.78 is 11.6. The van der Waals surface area contributed by atoms with Crippen LogP contribution in [0.1, 0.15) is 52.5 Å². The van der Waals surface area contributed by atoms with Gasteiger partial charge in [0.1, 0.15) is 17.3 Å². The Kier molecular flexibility index (Phi) is 6.63. The van der Waals surface area contributed by atoms with Crippen LogP contribution in [0.3, 0.4) is 0 Å². The largest absolute Gasteiger partial charge is 0.493 e. The monoisotopic (exact) mass is 413 g/mol. The van der Waals surface area contributed by atoms with E-state index in [0.717, 1.165) is 23.5 Å². The highest BCUT2D eigenvalue weighted by Crippen LogP contribution is 2.35. The molecule has 1 aliphatic rings. The van der Waals surface area contributed by atoms with Gasteiger partial charge in [-0.05, 0) is 61.8 Å². The molecule has 4 nitrogen and oxygen atoms in total. The van der Waals surface area contributed by atoms with Crippen LogP contribution in [0.15, 0.2) is 42.1 Å². The van der Waals surface area contributed by atoms with Gasteiger partial charge in [-0.1, -0.05) is 37.1 Å². The first-order valence-electron chi connectivity index (χ1n) is 9.97. The van der Waals surface area contributed by atoms with Gasteiger partial charge in [0.25, 0.3) is 0 Å². The van der Waals surface area contributed by atoms with Gasteiger partial charge in [-0.25, -0.2) is 4.98 Å². The Labute approximate surface area is 177 Å². The van der Waals surface area contributed by atoms with Gasteiger partial charge in [0, 0.05) is 24.8 Å². The molecular weight excluding hydrogens is 386 g/mol. The Morgan fingerprint density at radius 3 is 2.59 bits per heavy atom. The minimum Gasteiger partial charge on any atom is -0.493 e. The van der Waals surface area contributed by atoms with Gasteiger partial charge >= 0.3 is 0 Å². The number of rotatable bonds is 9. The Morgan fingerprint density at radius 2 is 2.00 bits per heavy atom. The maximum atomic E-state index is 11.5. The first-order valence-corrected chi connectivity index (χ1v) is 10.4. The van der Waals surface area contributed by atoms with Gasteiger partial charge in [0.15, 0.2) is 0 Å². The smallest absolute Gasteiger partial charge is 0.219 e. The predicted molar refractivity (Wildman–Crippen MR) is 117 cm³/mol. The lowest BCUT2D eigenvalue weighted by atomic mass is 9.80. The first-order chi connectivity index (χ1) is 13.7. The molecule has 0 amide bonds. The van der Waals surface area contributed by atoms with E-state index >= 15 is 0 Å². The molecule has 0 saturated heterocycles. The summed E-state index contributed by atoms with van der Waals surface area (Å²) in [7, 11) is 0. The average Bonchev–Trinajstić information content (AvgIpc) is 3.47. The Hall–Kier alpha value is -2.33. The molecule has 0 aliphatic heterocycles. The summed E-state index contributed by atoms with van der Waals surface area (Å²) in [4.78, 5) is 15.9. The van der Waals surface area contributed by atoms with Crippen molar-refractivity contribution in [2.45, 2.75) is 47.0 Å². The van der Waals surface area contributed by atoms with E-state index in [4.69, 9.17) is 21.1 Å². The number of aromatic nitrogens is 1. The molecule has 1 fully saturated rings. The summed E-state index contributed by atoms with van der Waals surface area (Å²) >= 11 is 6.33. The number of hydrogen-bond donors (Lipinski definition) is 0. The molecule has 154 valence electrons. The number of ketones is 1. The quantitative estimate of drug-likeness (QED) is 0.457. The Balaban J connectivity index is 1.64. The third-order valence-corrected chi connectivity index (χ3v) is 5.50. The van der Waals surface area contributed by atoms with E-state index in [1.54, 1.807) is 25.3 Å². The highest BCUT2D eigenvalue weighted by molar-refractivity contribution is 6.32. The first kappa shape index (κ1) is 21.4. The van der Waals surface area contributed by atoms with E-state index < -0.39 is 0 Å². The zero-order chi connectivity index (χ0) is 21.0. The van der Waals surface area contributed by atoms with Crippen LogP contribution in [-0.4, -0.2) is 17.4 Å². The molecule has 0 bridgehead atoms. The van der Waals surface area contributed by atoms with Gasteiger partial charge in [0.05, 0.1) is 11.6 Å². The molecule has 1 aromatic carbocycles. The van der Waals surface area contributed by atoms with Crippen molar-refractivity contribution in [2.75, 3.05) is 6.61 Å². The van der Waals surface area contributed by atoms with Crippen LogP contribution in [0.5, 0.6) is 17.4 Å². The van der Waals surface area contributed by atoms with Crippen molar-refractivity contribution in [3.8, 4) is 17.4 Å². The molecule has 1 heterocycles. The summed E-state index contributed by atoms with van der Waals surface area (Å²) in [5.74, 6) is 2.64. The van der Waals surface area contributed by atoms with Crippen LogP contribution in [0.4, 0.5) is 0 Å². The molecule has 0 unspecified atom stereocenters. The molecule has 1 aliphatic carbocycles. The second kappa shape index (κ2) is 9.00. The van der Waals surface area contributed by atoms with Crippen molar-refractivity contribution in [3.05, 3.63) is 52.7 Å². The van der Waals surface area contributed by atoms with Crippen LogP contribution >= 0.6 is 11.6 Å². The number of pyridine rings is 1. The Morgan fingerprint density at radius 1 is 1.24 bits per heavy atom. The third-order valence-electron chi connectivity index (χ3n) is 5.20. The van der Waals surface area contributed by atoms with E-state index in [-0.39, 0.29) is 11.2 Å². The fraction of sp³-hybridized carbons (Fsp3) is 0.417. The fourth-order valence-electron chi connectivity index (χ4n) is 3.01. The number of carbonyl (C=O) groups is 1. The summed E-state index contributed by atoms with van der Waals surface area (Å²) in [6.07, 6.45) is 6.82. The van der Waals surface area contributed by atoms with E-state index in [1.807, 2.05) is 25.1 Å².